The van der Waals surface area contributed by atoms with Gasteiger partial charge in [0.1, 0.15) is 23.2 Å². The number of carbonyl (C=O) groups is 2. The largest absolute Gasteiger partial charge is 0.465 e. The zero-order chi connectivity index (χ0) is 26.8. The number of benzene rings is 2. The van der Waals surface area contributed by atoms with Crippen LogP contribution in [0.5, 0.6) is 0 Å². The number of amides is 1. The molecule has 3 heterocycles. The number of esters is 1. The van der Waals surface area contributed by atoms with E-state index < -0.39 is 23.0 Å². The summed E-state index contributed by atoms with van der Waals surface area (Å²) in [5.41, 5.74) is 1.12. The molecule has 1 aromatic heterocycles. The van der Waals surface area contributed by atoms with Crippen molar-refractivity contribution in [3.8, 4) is 0 Å². The summed E-state index contributed by atoms with van der Waals surface area (Å²) in [4.78, 5) is 37.9. The normalized spacial score (nSPS) is 21.6. The lowest BCUT2D eigenvalue weighted by Gasteiger charge is -2.38. The number of carbonyl (C=O) groups excluding carboxylic acids is 2. The van der Waals surface area contributed by atoms with Gasteiger partial charge in [-0.2, -0.15) is 0 Å². The molecule has 1 saturated heterocycles. The van der Waals surface area contributed by atoms with Crippen LogP contribution in [-0.4, -0.2) is 76.4 Å². The second-order valence-electron chi connectivity index (χ2n) is 9.94. The molecule has 3 atom stereocenters. The van der Waals surface area contributed by atoms with Crippen molar-refractivity contribution in [1.29, 1.82) is 0 Å². The fraction of sp³-hybridized carbons (Fsp3) is 0.407. The van der Waals surface area contributed by atoms with Crippen LogP contribution >= 0.6 is 0 Å². The molecule has 2 bridgehead atoms. The van der Waals surface area contributed by atoms with Gasteiger partial charge in [0, 0.05) is 24.5 Å². The van der Waals surface area contributed by atoms with Crippen molar-refractivity contribution < 1.29 is 18.5 Å². The van der Waals surface area contributed by atoms with E-state index in [-0.39, 0.29) is 17.9 Å². The van der Waals surface area contributed by atoms with Gasteiger partial charge in [-0.25, -0.2) is 14.8 Å². The van der Waals surface area contributed by atoms with E-state index >= 15 is 0 Å². The highest BCUT2D eigenvalue weighted by Gasteiger charge is 2.37. The van der Waals surface area contributed by atoms with Gasteiger partial charge in [-0.1, -0.05) is 42.3 Å². The zero-order valence-electron chi connectivity index (χ0n) is 21.8. The molecule has 1 amide bonds. The van der Waals surface area contributed by atoms with E-state index in [1.54, 1.807) is 24.3 Å². The van der Waals surface area contributed by atoms with E-state index in [0.717, 1.165) is 10.9 Å². The van der Waals surface area contributed by atoms with Gasteiger partial charge < -0.3 is 15.4 Å². The van der Waals surface area contributed by atoms with E-state index in [2.05, 4.69) is 15.5 Å². The van der Waals surface area contributed by atoms with Gasteiger partial charge in [-0.3, -0.25) is 9.69 Å². The molecule has 10 nitrogen and oxygen atoms in total. The Morgan fingerprint density at radius 3 is 2.66 bits per heavy atom. The SMILES string of the molecule is COC(=O)c1ccccc1[SH+](=O)N1CCN2Cc3nc(c4ccccc4n3)N[C@@H](C(C)C)C(=O)NCC2C1. The van der Waals surface area contributed by atoms with E-state index in [1.165, 1.54) is 7.11 Å². The molecule has 0 spiro atoms. The summed E-state index contributed by atoms with van der Waals surface area (Å²) >= 11 is 0. The van der Waals surface area contributed by atoms with Crippen LogP contribution in [0.15, 0.2) is 53.4 Å². The van der Waals surface area contributed by atoms with Crippen molar-refractivity contribution in [2.75, 3.05) is 38.6 Å². The third-order valence-corrected chi connectivity index (χ3v) is 8.78. The van der Waals surface area contributed by atoms with E-state index in [1.807, 2.05) is 42.4 Å². The summed E-state index contributed by atoms with van der Waals surface area (Å²) in [5, 5.41) is 7.37. The van der Waals surface area contributed by atoms with Crippen molar-refractivity contribution in [2.45, 2.75) is 37.4 Å². The molecule has 2 aliphatic heterocycles. The minimum absolute atomic E-state index is 0.0243. The number of rotatable bonds is 4. The highest BCUT2D eigenvalue weighted by atomic mass is 32.2. The number of hydrogen-bond donors (Lipinski definition) is 2. The Morgan fingerprint density at radius 1 is 1.11 bits per heavy atom. The van der Waals surface area contributed by atoms with Crippen LogP contribution in [-0.2, 0) is 31.3 Å². The second-order valence-corrected chi connectivity index (χ2v) is 11.5. The smallest absolute Gasteiger partial charge is 0.343 e. The number of para-hydroxylation sites is 1. The summed E-state index contributed by atoms with van der Waals surface area (Å²) in [6.07, 6.45) is 0. The summed E-state index contributed by atoms with van der Waals surface area (Å²) < 4.78 is 20.5. The molecule has 0 radical (unpaired) electrons. The van der Waals surface area contributed by atoms with E-state index in [0.29, 0.717) is 54.8 Å². The van der Waals surface area contributed by atoms with Crippen LogP contribution in [0.4, 0.5) is 5.82 Å². The van der Waals surface area contributed by atoms with E-state index in [4.69, 9.17) is 14.7 Å². The van der Waals surface area contributed by atoms with Gasteiger partial charge in [-0.15, -0.1) is 4.31 Å². The molecule has 2 unspecified atom stereocenters. The average Bonchev–Trinajstić information content (AvgIpc) is 2.95. The molecule has 1 fully saturated rings. The fourth-order valence-electron chi connectivity index (χ4n) is 5.02. The zero-order valence-corrected chi connectivity index (χ0v) is 22.6. The van der Waals surface area contributed by atoms with Gasteiger partial charge in [0.2, 0.25) is 5.91 Å². The van der Waals surface area contributed by atoms with Gasteiger partial charge in [0.15, 0.2) is 15.9 Å². The molecular formula is C27H33N6O4S+. The molecule has 200 valence electrons. The maximum atomic E-state index is 13.7. The van der Waals surface area contributed by atoms with Crippen molar-refractivity contribution in [1.82, 2.24) is 24.5 Å². The number of thiol groups is 1. The quantitative estimate of drug-likeness (QED) is 0.295. The molecule has 11 heteroatoms. The Morgan fingerprint density at radius 2 is 1.87 bits per heavy atom. The Kier molecular flexibility index (Phi) is 7.68. The number of aromatic nitrogens is 2. The van der Waals surface area contributed by atoms with Crippen molar-refractivity contribution in [3.05, 3.63) is 59.9 Å². The van der Waals surface area contributed by atoms with Crippen LogP contribution in [0.1, 0.15) is 30.0 Å². The lowest BCUT2D eigenvalue weighted by molar-refractivity contribution is -0.123. The lowest BCUT2D eigenvalue weighted by Crippen LogP contribution is -2.57. The summed E-state index contributed by atoms with van der Waals surface area (Å²) in [7, 11) is -0.705. The second kappa shape index (κ2) is 11.1. The first-order chi connectivity index (χ1) is 18.4. The molecule has 2 aliphatic rings. The fourth-order valence-corrected chi connectivity index (χ4v) is 6.51. The monoisotopic (exact) mass is 537 g/mol. The molecule has 2 aromatic carbocycles. The van der Waals surface area contributed by atoms with Crippen LogP contribution < -0.4 is 10.6 Å². The summed E-state index contributed by atoms with van der Waals surface area (Å²) in [5.74, 6) is 0.724. The summed E-state index contributed by atoms with van der Waals surface area (Å²) in [6, 6.07) is 14.0. The number of anilines is 1. The van der Waals surface area contributed by atoms with Gasteiger partial charge in [0.05, 0.1) is 32.3 Å². The molecule has 3 aromatic rings. The van der Waals surface area contributed by atoms with Gasteiger partial charge >= 0.3 is 5.97 Å². The first-order valence-corrected chi connectivity index (χ1v) is 14.0. The first kappa shape index (κ1) is 26.2. The number of piperazine rings is 1. The number of nitrogens with zero attached hydrogens (tertiary/aromatic N) is 4. The van der Waals surface area contributed by atoms with Crippen LogP contribution in [0, 0.1) is 5.92 Å². The number of methoxy groups -OCH3 is 1. The average molecular weight is 538 g/mol. The molecule has 0 saturated carbocycles. The Hall–Kier alpha value is -3.41. The van der Waals surface area contributed by atoms with Crippen LogP contribution in [0.3, 0.4) is 0 Å². The lowest BCUT2D eigenvalue weighted by atomic mass is 10.0. The molecule has 38 heavy (non-hydrogen) atoms. The van der Waals surface area contributed by atoms with Crippen molar-refractivity contribution in [3.63, 3.8) is 0 Å². The molecule has 2 N–H and O–H groups in total. The number of nitrogens with one attached hydrogen (secondary N) is 2. The molecular weight excluding hydrogens is 504 g/mol. The minimum Gasteiger partial charge on any atom is -0.465 e. The highest BCUT2D eigenvalue weighted by molar-refractivity contribution is 7.82. The number of fused-ring (bicyclic) bond motifs is 5. The molecule has 5 rings (SSSR count). The maximum absolute atomic E-state index is 13.7. The van der Waals surface area contributed by atoms with Gasteiger partial charge in [-0.05, 0) is 30.2 Å². The first-order valence-electron chi connectivity index (χ1n) is 12.8. The highest BCUT2D eigenvalue weighted by Crippen LogP contribution is 2.26. The minimum atomic E-state index is -2.02. The standard InChI is InChI=1S/C27H32N6O4S/c1-17(2)24-26(34)28-14-18-15-33(38(36)22-11-7-5-9-20(22)27(35)37-3)13-12-32(18)16-23-29-21-10-6-4-8-19(21)25(30-23)31-24/h4-11,17-18,24H,12-16H2,1-3H3,(H,28,34)(H,29,30,31)/p+1/t18?,24-,38?/m0/s1. The topological polar surface area (TPSA) is 117 Å². The van der Waals surface area contributed by atoms with E-state index in [9.17, 15) is 13.8 Å². The van der Waals surface area contributed by atoms with Crippen molar-refractivity contribution >= 4 is 39.6 Å². The maximum Gasteiger partial charge on any atom is 0.343 e. The molecule has 0 aliphatic carbocycles. The summed E-state index contributed by atoms with van der Waals surface area (Å²) in [6.45, 7) is 6.47. The number of ether oxygens (including phenoxy) is 1. The Labute approximate surface area is 224 Å². The van der Waals surface area contributed by atoms with Crippen LogP contribution in [0.25, 0.3) is 10.9 Å². The number of hydrogen-bond acceptors (Lipinski definition) is 8. The Bertz CT molecular complexity index is 1380. The third-order valence-electron chi connectivity index (χ3n) is 7.10. The van der Waals surface area contributed by atoms with Crippen molar-refractivity contribution in [2.24, 2.45) is 5.92 Å². The Balaban J connectivity index is 1.46. The van der Waals surface area contributed by atoms with Gasteiger partial charge in [0.25, 0.3) is 0 Å². The third kappa shape index (κ3) is 5.27. The predicted octanol–water partition coefficient (Wildman–Crippen LogP) is 2.14. The predicted molar refractivity (Wildman–Crippen MR) is 146 cm³/mol. The van der Waals surface area contributed by atoms with Crippen LogP contribution in [0.2, 0.25) is 0 Å².